The van der Waals surface area contributed by atoms with E-state index in [9.17, 15) is 0 Å². The molecule has 0 unspecified atom stereocenters. The van der Waals surface area contributed by atoms with Gasteiger partial charge in [0.05, 0.1) is 13.7 Å². The van der Waals surface area contributed by atoms with Crippen molar-refractivity contribution >= 4 is 12.6 Å². The van der Waals surface area contributed by atoms with Crippen molar-refractivity contribution in [3.8, 4) is 5.75 Å². The van der Waals surface area contributed by atoms with Crippen molar-refractivity contribution in [1.82, 2.24) is 14.9 Å². The topological polar surface area (TPSA) is 39.1 Å². The minimum absolute atomic E-state index is 0.884. The molecule has 1 aromatic carbocycles. The third-order valence-corrected chi connectivity index (χ3v) is 4.26. The number of nitrogens with zero attached hydrogens (tertiary/aromatic N) is 2. The molecule has 0 saturated carbocycles. The number of thiol groups is 1. The molecule has 4 nitrogen and oxygen atoms in total. The van der Waals surface area contributed by atoms with Crippen LogP contribution in [0.1, 0.15) is 51.1 Å². The van der Waals surface area contributed by atoms with Gasteiger partial charge in [0, 0.05) is 23.8 Å². The lowest BCUT2D eigenvalue weighted by Gasteiger charge is -2.06. The van der Waals surface area contributed by atoms with Crippen LogP contribution in [0.4, 0.5) is 0 Å². The average Bonchev–Trinajstić information content (AvgIpc) is 3.09. The number of aromatic nitrogens is 2. The van der Waals surface area contributed by atoms with Crippen LogP contribution in [0.3, 0.4) is 0 Å². The highest BCUT2D eigenvalue weighted by Crippen LogP contribution is 2.23. The van der Waals surface area contributed by atoms with Gasteiger partial charge in [-0.05, 0) is 57.0 Å². The lowest BCUT2D eigenvalue weighted by atomic mass is 10.1. The zero-order valence-corrected chi connectivity index (χ0v) is 17.8. The van der Waals surface area contributed by atoms with Gasteiger partial charge in [-0.2, -0.15) is 0 Å². The Bertz CT molecular complexity index is 573. The number of aryl methyl sites for hydroxylation is 3. The molecule has 142 valence electrons. The third kappa shape index (κ3) is 8.45. The third-order valence-electron chi connectivity index (χ3n) is 3.55. The normalized spacial score (nSPS) is 9.60. The molecule has 0 amide bonds. The van der Waals surface area contributed by atoms with Crippen LogP contribution in [0.2, 0.25) is 0 Å². The number of hydrogen-bond acceptors (Lipinski definition) is 4. The van der Waals surface area contributed by atoms with Crippen molar-refractivity contribution in [3.05, 3.63) is 41.5 Å². The van der Waals surface area contributed by atoms with Gasteiger partial charge >= 0.3 is 0 Å². The summed E-state index contributed by atoms with van der Waals surface area (Å²) in [6.45, 7) is 15.3. The van der Waals surface area contributed by atoms with E-state index < -0.39 is 0 Å². The van der Waals surface area contributed by atoms with Gasteiger partial charge in [-0.25, -0.2) is 4.98 Å². The molecule has 0 aliphatic rings. The fraction of sp³-hybridized carbons (Fsp3) is 0.550. The molecule has 0 aliphatic carbocycles. The highest BCUT2D eigenvalue weighted by molar-refractivity contribution is 7.80. The maximum absolute atomic E-state index is 5.10. The van der Waals surface area contributed by atoms with Crippen molar-refractivity contribution in [2.45, 2.75) is 65.9 Å². The van der Waals surface area contributed by atoms with Crippen LogP contribution in [-0.4, -0.2) is 23.2 Å². The van der Waals surface area contributed by atoms with E-state index in [-0.39, 0.29) is 0 Å². The van der Waals surface area contributed by atoms with Crippen LogP contribution in [0, 0.1) is 13.8 Å². The molecule has 25 heavy (non-hydrogen) atoms. The summed E-state index contributed by atoms with van der Waals surface area (Å²) in [7, 11) is 1.67. The summed E-state index contributed by atoms with van der Waals surface area (Å²) in [6, 6.07) is 3.96. The van der Waals surface area contributed by atoms with Crippen LogP contribution >= 0.6 is 12.6 Å². The van der Waals surface area contributed by atoms with Crippen LogP contribution in [0.25, 0.3) is 0 Å². The Morgan fingerprint density at radius 1 is 1.16 bits per heavy atom. The van der Waals surface area contributed by atoms with E-state index >= 15 is 0 Å². The van der Waals surface area contributed by atoms with E-state index in [2.05, 4.69) is 41.3 Å². The quantitative estimate of drug-likeness (QED) is 0.557. The molecule has 0 aliphatic heterocycles. The zero-order valence-electron chi connectivity index (χ0n) is 16.9. The van der Waals surface area contributed by atoms with Crippen LogP contribution in [0.15, 0.2) is 29.4 Å². The van der Waals surface area contributed by atoms with Gasteiger partial charge in [0.2, 0.25) is 0 Å². The summed E-state index contributed by atoms with van der Waals surface area (Å²) in [5.41, 5.74) is 2.32. The molecule has 1 heterocycles. The summed E-state index contributed by atoms with van der Waals surface area (Å²) in [6.07, 6.45) is 5.04. The van der Waals surface area contributed by atoms with E-state index in [1.165, 1.54) is 6.42 Å². The first-order chi connectivity index (χ1) is 12.0. The smallest absolute Gasteiger partial charge is 0.122 e. The number of nitrogens with one attached hydrogen (secondary N) is 1. The van der Waals surface area contributed by atoms with E-state index in [1.807, 2.05) is 52.2 Å². The molecule has 5 heteroatoms. The zero-order chi connectivity index (χ0) is 19.2. The molecule has 2 rings (SSSR count). The van der Waals surface area contributed by atoms with Gasteiger partial charge in [0.25, 0.3) is 0 Å². The highest BCUT2D eigenvalue weighted by Gasteiger charge is 2.00. The second kappa shape index (κ2) is 13.8. The SMILES string of the molecule is CC.CCCNCc1nccn1CC.COc1cc(C)c(S)c(C)c1. The standard InChI is InChI=1S/C9H17N3.C9H12OS.C2H6/c1-3-5-10-8-9-11-6-7-12(9)4-2;1-6-4-8(10-3)5-7(2)9(6)11;1-2/h6-7,10H,3-5,8H2,1-2H3;4-5,11H,1-3H3;1-2H3. The Balaban J connectivity index is 0.000000421. The predicted molar refractivity (Wildman–Crippen MR) is 111 cm³/mol. The van der Waals surface area contributed by atoms with Crippen LogP contribution < -0.4 is 10.1 Å². The second-order valence-corrected chi connectivity index (χ2v) is 5.86. The van der Waals surface area contributed by atoms with Crippen LogP contribution in [-0.2, 0) is 13.1 Å². The summed E-state index contributed by atoms with van der Waals surface area (Å²) < 4.78 is 7.25. The van der Waals surface area contributed by atoms with Gasteiger partial charge in [0.15, 0.2) is 0 Å². The van der Waals surface area contributed by atoms with Crippen LogP contribution in [0.5, 0.6) is 5.75 Å². The number of benzene rings is 1. The fourth-order valence-electron chi connectivity index (χ4n) is 2.21. The first kappa shape index (κ1) is 23.5. The molecule has 1 N–H and O–H groups in total. The van der Waals surface area contributed by atoms with Crippen molar-refractivity contribution in [1.29, 1.82) is 0 Å². The van der Waals surface area contributed by atoms with E-state index in [4.69, 9.17) is 4.74 Å². The molecular formula is C20H35N3OS. The van der Waals surface area contributed by atoms with E-state index in [0.29, 0.717) is 0 Å². The Labute approximate surface area is 159 Å². The summed E-state index contributed by atoms with van der Waals surface area (Å²) >= 11 is 4.34. The van der Waals surface area contributed by atoms with Gasteiger partial charge in [-0.15, -0.1) is 12.6 Å². The minimum atomic E-state index is 0.884. The molecule has 0 radical (unpaired) electrons. The molecule has 0 spiro atoms. The molecule has 0 atom stereocenters. The number of rotatable bonds is 6. The largest absolute Gasteiger partial charge is 0.497 e. The number of methoxy groups -OCH3 is 1. The van der Waals surface area contributed by atoms with Gasteiger partial charge in [0.1, 0.15) is 11.6 Å². The maximum Gasteiger partial charge on any atom is 0.122 e. The predicted octanol–water partition coefficient (Wildman–Crippen LogP) is 5.03. The molecule has 1 aromatic heterocycles. The summed E-state index contributed by atoms with van der Waals surface area (Å²) in [4.78, 5) is 5.31. The number of imidazole rings is 1. The monoisotopic (exact) mass is 365 g/mol. The lowest BCUT2D eigenvalue weighted by Crippen LogP contribution is -2.17. The first-order valence-electron chi connectivity index (χ1n) is 9.08. The van der Waals surface area contributed by atoms with Gasteiger partial charge in [-0.3, -0.25) is 0 Å². The maximum atomic E-state index is 5.10. The number of hydrogen-bond donors (Lipinski definition) is 2. The minimum Gasteiger partial charge on any atom is -0.497 e. The van der Waals surface area contributed by atoms with E-state index in [0.717, 1.165) is 47.2 Å². The highest BCUT2D eigenvalue weighted by atomic mass is 32.1. The molecule has 0 saturated heterocycles. The second-order valence-electron chi connectivity index (χ2n) is 5.42. The average molecular weight is 366 g/mol. The lowest BCUT2D eigenvalue weighted by molar-refractivity contribution is 0.413. The van der Waals surface area contributed by atoms with Crippen molar-refractivity contribution in [2.24, 2.45) is 0 Å². The van der Waals surface area contributed by atoms with Gasteiger partial charge in [-0.1, -0.05) is 20.8 Å². The number of ether oxygens (including phenoxy) is 1. The first-order valence-corrected chi connectivity index (χ1v) is 9.53. The molecular weight excluding hydrogens is 330 g/mol. The molecule has 0 fully saturated rings. The Morgan fingerprint density at radius 2 is 1.76 bits per heavy atom. The van der Waals surface area contributed by atoms with Crippen molar-refractivity contribution < 1.29 is 4.74 Å². The molecule has 2 aromatic rings. The Hall–Kier alpha value is -1.46. The van der Waals surface area contributed by atoms with Crippen molar-refractivity contribution in [2.75, 3.05) is 13.7 Å². The van der Waals surface area contributed by atoms with E-state index in [1.54, 1.807) is 7.11 Å². The summed E-state index contributed by atoms with van der Waals surface area (Å²) in [5, 5.41) is 3.33. The summed E-state index contributed by atoms with van der Waals surface area (Å²) in [5.74, 6) is 2.03. The Kier molecular flexibility index (Phi) is 13.0. The van der Waals surface area contributed by atoms with Crippen molar-refractivity contribution in [3.63, 3.8) is 0 Å². The van der Waals surface area contributed by atoms with Gasteiger partial charge < -0.3 is 14.6 Å². The fourth-order valence-corrected chi connectivity index (χ4v) is 2.34. The molecule has 0 bridgehead atoms. The Morgan fingerprint density at radius 3 is 2.24 bits per heavy atom.